The van der Waals surface area contributed by atoms with Crippen molar-refractivity contribution in [2.45, 2.75) is 52.4 Å². The summed E-state index contributed by atoms with van der Waals surface area (Å²) in [5.74, 6) is 3.54. The van der Waals surface area contributed by atoms with Crippen LogP contribution in [0, 0.1) is 0 Å². The van der Waals surface area contributed by atoms with E-state index >= 15 is 0 Å². The molecule has 0 unspecified atom stereocenters. The van der Waals surface area contributed by atoms with E-state index in [1.807, 2.05) is 0 Å². The molecule has 2 aromatic heterocycles. The largest absolute Gasteiger partial charge is 1.00 e. The second kappa shape index (κ2) is 27.7. The van der Waals surface area contributed by atoms with Crippen molar-refractivity contribution in [2.24, 2.45) is 14.1 Å². The third-order valence-electron chi connectivity index (χ3n) is 15.3. The van der Waals surface area contributed by atoms with Crippen molar-refractivity contribution < 1.29 is 77.3 Å². The molecule has 8 aromatic carbocycles. The molecule has 0 fully saturated rings. The van der Waals surface area contributed by atoms with E-state index in [-0.39, 0.29) is 29.6 Å². The maximum atomic E-state index is 8.25. The van der Waals surface area contributed by atoms with Crippen LogP contribution in [0.4, 0.5) is 0 Å². The maximum Gasteiger partial charge on any atom is 1.00 e. The molecule has 11 heteroatoms. The molecule has 0 saturated carbocycles. The summed E-state index contributed by atoms with van der Waals surface area (Å²) in [6.45, 7) is 7.98. The van der Waals surface area contributed by atoms with Gasteiger partial charge < -0.3 is 38.6 Å². The van der Waals surface area contributed by atoms with Gasteiger partial charge in [0.05, 0.1) is 61.2 Å². The van der Waals surface area contributed by atoms with Crippen LogP contribution in [0.1, 0.15) is 71.2 Å². The van der Waals surface area contributed by atoms with Gasteiger partial charge in [0.25, 0.3) is 0 Å². The van der Waals surface area contributed by atoms with Crippen LogP contribution in [0.5, 0.6) is 23.0 Å². The zero-order valence-corrected chi connectivity index (χ0v) is 50.1. The maximum absolute atomic E-state index is 8.25. The van der Waals surface area contributed by atoms with E-state index in [4.69, 9.17) is 38.6 Å². The average molecular weight is 1090 g/mol. The fourth-order valence-electron chi connectivity index (χ4n) is 11.9. The molecule has 3 heterocycles. The molecule has 0 atom stereocenters. The predicted octanol–water partition coefficient (Wildman–Crippen LogP) is 8.30. The van der Waals surface area contributed by atoms with Crippen molar-refractivity contribution in [3.05, 3.63) is 202 Å². The van der Waals surface area contributed by atoms with Gasteiger partial charge in [-0.05, 0) is 117 Å². The molecule has 12 rings (SSSR count). The summed E-state index contributed by atoms with van der Waals surface area (Å²) in [5.41, 5.74) is 18.1. The first kappa shape index (κ1) is 58.8. The molecular weight excluding hydrogens is 1020 g/mol. The summed E-state index contributed by atoms with van der Waals surface area (Å²) < 4.78 is 45.3. The number of para-hydroxylation sites is 6. The smallest absolute Gasteiger partial charge is 0.857 e. The Morgan fingerprint density at radius 2 is 0.667 bits per heavy atom. The fraction of sp³-hybridized carbons (Fsp3) is 0.286. The van der Waals surface area contributed by atoms with E-state index in [2.05, 4.69) is 195 Å². The average Bonchev–Trinajstić information content (AvgIpc) is 3.50. The summed E-state index contributed by atoms with van der Waals surface area (Å²) >= 11 is 0. The molecule has 0 N–H and O–H groups in total. The molecule has 0 amide bonds. The molecular formula is C70H72N2NaO8+. The van der Waals surface area contributed by atoms with Crippen LogP contribution in [0.2, 0.25) is 0 Å². The molecule has 10 nitrogen and oxygen atoms in total. The third-order valence-corrected chi connectivity index (χ3v) is 15.3. The molecule has 0 spiro atoms. The first-order valence-corrected chi connectivity index (χ1v) is 28.1. The van der Waals surface area contributed by atoms with Gasteiger partial charge in [-0.2, -0.15) is 23.4 Å². The number of rotatable bonds is 8. The number of aromatic nitrogens is 2. The van der Waals surface area contributed by atoms with Crippen LogP contribution in [-0.2, 0) is 49.3 Å². The number of hydrogen-bond donors (Lipinski definition) is 0. The van der Waals surface area contributed by atoms with E-state index in [1.165, 1.54) is 54.7 Å². The van der Waals surface area contributed by atoms with Gasteiger partial charge in [0.2, 0.25) is 22.1 Å². The zero-order valence-electron chi connectivity index (χ0n) is 48.1. The van der Waals surface area contributed by atoms with Gasteiger partial charge in [0.15, 0.2) is 0 Å². The number of aryl methyl sites for hydroxylation is 2. The molecule has 410 valence electrons. The van der Waals surface area contributed by atoms with Crippen LogP contribution in [0.15, 0.2) is 158 Å². The van der Waals surface area contributed by atoms with Gasteiger partial charge in [-0.25, -0.2) is 0 Å². The first-order chi connectivity index (χ1) is 39.5. The zero-order chi connectivity index (χ0) is 55.5. The Bertz CT molecular complexity index is 3370. The van der Waals surface area contributed by atoms with Crippen molar-refractivity contribution >= 4 is 43.6 Å². The number of pyridine rings is 2. The molecule has 10 aromatic rings. The Morgan fingerprint density at radius 3 is 0.963 bits per heavy atom. The van der Waals surface area contributed by atoms with Crippen molar-refractivity contribution in [3.63, 3.8) is 0 Å². The minimum absolute atomic E-state index is 0. The topological polar surface area (TPSA) is 109 Å². The number of fused-ring (bicyclic) bond motifs is 6. The van der Waals surface area contributed by atoms with Gasteiger partial charge in [-0.1, -0.05) is 98.8 Å². The predicted molar refractivity (Wildman–Crippen MR) is 316 cm³/mol. The van der Waals surface area contributed by atoms with Crippen molar-refractivity contribution in [3.8, 4) is 45.3 Å². The Kier molecular flexibility index (Phi) is 20.1. The number of benzene rings is 8. The Morgan fingerprint density at radius 1 is 0.383 bits per heavy atom. The molecule has 1 aliphatic heterocycles. The van der Waals surface area contributed by atoms with Gasteiger partial charge in [0.1, 0.15) is 50.3 Å². The number of nitrogens with zero attached hydrogens (tertiary/aromatic N) is 2. The third kappa shape index (κ3) is 12.2. The SMILES string of the molecule is CCCOc1c2cccc1Cc1cc(-c3c4ccccc4[n+](C)c4ccccc34)cc3c1OCCOCCOCCOc1c(cc(-c4c5ccccc5[n+](C)c5ccccc45)cc1Cc1cccc(c1OCCC)C3)C2.C[O-].C[O-].[Na+]. The molecule has 0 radical (unpaired) electrons. The van der Waals surface area contributed by atoms with Gasteiger partial charge in [-0.3, -0.25) is 0 Å². The van der Waals surface area contributed by atoms with E-state index in [0.717, 1.165) is 106 Å². The molecule has 81 heavy (non-hydrogen) atoms. The summed E-state index contributed by atoms with van der Waals surface area (Å²) in [4.78, 5) is 0. The number of hydrogen-bond acceptors (Lipinski definition) is 8. The second-order valence-electron chi connectivity index (χ2n) is 20.3. The molecule has 2 aliphatic rings. The Labute approximate surface area is 498 Å². The summed E-state index contributed by atoms with van der Waals surface area (Å²) in [6.07, 6.45) is 4.02. The summed E-state index contributed by atoms with van der Waals surface area (Å²) in [6, 6.07) is 58.0. The standard InChI is InChI=1S/C68H66N2O6.2CH3O.Na/c1-5-29-73-65-45-17-15-18-46(65)38-52-42-50(64-57-23-9-13-27-61(57)70(4)62-28-14-10-24-58(62)64)44-54-40-48-20-16-19-47(66(48)74-30-6-2)39-53-43-49(63-55-21-7-11-25-59(55)69(3)60-26-12-8-22-56(60)63)41-51(37-45)67(53)75-35-33-71-31-32-72-34-36-76-68(52)54;2*1-2;/h7-28,41-44H,5-6,29-40H2,1-4H3;2*1H3;/q+2;2*-1;+1. The van der Waals surface area contributed by atoms with Gasteiger partial charge >= 0.3 is 29.6 Å². The van der Waals surface area contributed by atoms with Crippen molar-refractivity contribution in [2.75, 3.05) is 67.1 Å². The summed E-state index contributed by atoms with van der Waals surface area (Å²) in [5, 5.41) is 21.3. The molecule has 10 bridgehead atoms. The molecule has 0 saturated heterocycles. The van der Waals surface area contributed by atoms with E-state index in [1.54, 1.807) is 0 Å². The normalized spacial score (nSPS) is 13.4. The Balaban J connectivity index is 0.00000155. The minimum Gasteiger partial charge on any atom is -0.857 e. The number of ether oxygens (including phenoxy) is 6. The second-order valence-corrected chi connectivity index (χ2v) is 20.3. The minimum atomic E-state index is 0. The van der Waals surface area contributed by atoms with Crippen LogP contribution in [0.3, 0.4) is 0 Å². The van der Waals surface area contributed by atoms with Crippen molar-refractivity contribution in [1.29, 1.82) is 0 Å². The van der Waals surface area contributed by atoms with Gasteiger partial charge in [0, 0.05) is 61.1 Å². The van der Waals surface area contributed by atoms with E-state index in [0.29, 0.717) is 78.5 Å². The van der Waals surface area contributed by atoms with Crippen LogP contribution < -0.4 is 67.9 Å². The van der Waals surface area contributed by atoms with E-state index in [9.17, 15) is 0 Å². The van der Waals surface area contributed by atoms with Crippen LogP contribution in [0.25, 0.3) is 65.9 Å². The monoisotopic (exact) mass is 1090 g/mol. The molecule has 1 aliphatic carbocycles. The van der Waals surface area contributed by atoms with Crippen LogP contribution >= 0.6 is 0 Å². The van der Waals surface area contributed by atoms with Crippen molar-refractivity contribution in [1.82, 2.24) is 0 Å². The Hall–Kier alpha value is -6.86. The van der Waals surface area contributed by atoms with E-state index < -0.39 is 0 Å². The fourth-order valence-corrected chi connectivity index (χ4v) is 11.9. The van der Waals surface area contributed by atoms with Gasteiger partial charge in [-0.15, -0.1) is 0 Å². The summed E-state index contributed by atoms with van der Waals surface area (Å²) in [7, 11) is 5.84. The van der Waals surface area contributed by atoms with Crippen LogP contribution in [-0.4, -0.2) is 67.1 Å². The quantitative estimate of drug-likeness (QED) is 0.0851. The first-order valence-electron chi connectivity index (χ1n) is 28.1.